The van der Waals surface area contributed by atoms with Crippen LogP contribution in [0.3, 0.4) is 0 Å². The highest BCUT2D eigenvalue weighted by molar-refractivity contribution is 7.18. The highest BCUT2D eigenvalue weighted by Gasteiger charge is 2.35. The molecule has 1 aromatic carbocycles. The van der Waals surface area contributed by atoms with Gasteiger partial charge in [0, 0.05) is 12.0 Å². The maximum atomic E-state index is 12.8. The van der Waals surface area contributed by atoms with Gasteiger partial charge in [0.2, 0.25) is 0 Å². The van der Waals surface area contributed by atoms with Crippen LogP contribution in [0.5, 0.6) is 0 Å². The molecule has 1 aromatic heterocycles. The number of esters is 1. The normalized spacial score (nSPS) is 23.4. The number of amides is 1. The number of ether oxygens (including phenoxy) is 1. The fourth-order valence-electron chi connectivity index (χ4n) is 4.52. The van der Waals surface area contributed by atoms with Crippen molar-refractivity contribution >= 4 is 33.4 Å². The van der Waals surface area contributed by atoms with E-state index in [1.54, 1.807) is 11.3 Å². The zero-order valence-electron chi connectivity index (χ0n) is 16.2. The Kier molecular flexibility index (Phi) is 6.25. The smallest absolute Gasteiger partial charge is 0.310 e. The molecule has 0 spiro atoms. The minimum atomic E-state index is -0.247. The Morgan fingerprint density at radius 1 is 1.04 bits per heavy atom. The van der Waals surface area contributed by atoms with E-state index in [9.17, 15) is 9.59 Å². The second kappa shape index (κ2) is 9.03. The number of rotatable bonds is 5. The largest absolute Gasteiger partial charge is 0.455 e. The third-order valence-electron chi connectivity index (χ3n) is 6.01. The van der Waals surface area contributed by atoms with Crippen LogP contribution in [-0.4, -0.2) is 29.5 Å². The van der Waals surface area contributed by atoms with Gasteiger partial charge in [-0.3, -0.25) is 9.59 Å². The van der Waals surface area contributed by atoms with Crippen LogP contribution in [0.1, 0.15) is 68.7 Å². The summed E-state index contributed by atoms with van der Waals surface area (Å²) in [6, 6.07) is 8.33. The molecule has 6 heteroatoms. The number of nitrogens with zero attached hydrogens (tertiary/aromatic N) is 1. The summed E-state index contributed by atoms with van der Waals surface area (Å²) in [6.45, 7) is -0.168. The third kappa shape index (κ3) is 4.54. The van der Waals surface area contributed by atoms with Gasteiger partial charge in [0.15, 0.2) is 6.61 Å². The van der Waals surface area contributed by atoms with E-state index >= 15 is 0 Å². The second-order valence-corrected chi connectivity index (χ2v) is 9.09. The lowest BCUT2D eigenvalue weighted by atomic mass is 9.79. The predicted molar refractivity (Wildman–Crippen MR) is 110 cm³/mol. The lowest BCUT2D eigenvalue weighted by Gasteiger charge is -2.28. The molecule has 2 saturated carbocycles. The number of carbonyl (C=O) groups excluding carboxylic acids is 2. The van der Waals surface area contributed by atoms with Crippen LogP contribution in [-0.2, 0) is 14.3 Å². The van der Waals surface area contributed by atoms with E-state index in [4.69, 9.17) is 9.72 Å². The van der Waals surface area contributed by atoms with Gasteiger partial charge in [-0.15, -0.1) is 11.3 Å². The molecular formula is C22H28N2O3S. The number of aromatic nitrogens is 1. The molecule has 0 bridgehead atoms. The van der Waals surface area contributed by atoms with Crippen LogP contribution >= 0.6 is 11.3 Å². The number of para-hydroxylation sites is 1. The molecule has 1 heterocycles. The molecule has 2 aliphatic rings. The predicted octanol–water partition coefficient (Wildman–Crippen LogP) is 4.56. The molecule has 0 radical (unpaired) electrons. The van der Waals surface area contributed by atoms with Crippen molar-refractivity contribution in [1.82, 2.24) is 10.3 Å². The van der Waals surface area contributed by atoms with E-state index < -0.39 is 0 Å². The average Bonchev–Trinajstić information content (AvgIpc) is 3.17. The van der Waals surface area contributed by atoms with E-state index in [1.165, 1.54) is 6.42 Å². The van der Waals surface area contributed by atoms with Crippen LogP contribution in [0.15, 0.2) is 24.3 Å². The molecule has 2 atom stereocenters. The zero-order valence-corrected chi connectivity index (χ0v) is 17.0. The van der Waals surface area contributed by atoms with Crippen molar-refractivity contribution in [3.8, 4) is 0 Å². The van der Waals surface area contributed by atoms with Crippen LogP contribution in [0.25, 0.3) is 10.2 Å². The first kappa shape index (κ1) is 19.4. The molecular weight excluding hydrogens is 372 g/mol. The molecule has 5 nitrogen and oxygen atoms in total. The highest BCUT2D eigenvalue weighted by Crippen LogP contribution is 2.41. The average molecular weight is 401 g/mol. The molecule has 1 N–H and O–H groups in total. The van der Waals surface area contributed by atoms with Gasteiger partial charge >= 0.3 is 5.97 Å². The Labute approximate surface area is 169 Å². The van der Waals surface area contributed by atoms with E-state index in [2.05, 4.69) is 11.4 Å². The minimum absolute atomic E-state index is 0.0973. The quantitative estimate of drug-likeness (QED) is 0.747. The van der Waals surface area contributed by atoms with Crippen molar-refractivity contribution < 1.29 is 14.3 Å². The number of nitrogens with one attached hydrogen (secondary N) is 1. The first-order valence-corrected chi connectivity index (χ1v) is 11.3. The lowest BCUT2D eigenvalue weighted by molar-refractivity contribution is -0.154. The summed E-state index contributed by atoms with van der Waals surface area (Å²) in [4.78, 5) is 29.7. The minimum Gasteiger partial charge on any atom is -0.455 e. The maximum Gasteiger partial charge on any atom is 0.310 e. The number of hydrogen-bond donors (Lipinski definition) is 1. The van der Waals surface area contributed by atoms with Crippen LogP contribution < -0.4 is 5.32 Å². The zero-order chi connectivity index (χ0) is 19.3. The van der Waals surface area contributed by atoms with Gasteiger partial charge in [-0.05, 0) is 37.8 Å². The number of carbonyl (C=O) groups is 2. The lowest BCUT2D eigenvalue weighted by Crippen LogP contribution is -2.39. The van der Waals surface area contributed by atoms with E-state index in [-0.39, 0.29) is 36.4 Å². The number of thiazole rings is 1. The fraction of sp³-hybridized carbons (Fsp3) is 0.591. The molecule has 0 aliphatic heterocycles. The van der Waals surface area contributed by atoms with Crippen molar-refractivity contribution in [2.45, 2.75) is 69.7 Å². The first-order chi connectivity index (χ1) is 13.7. The molecule has 2 aromatic rings. The Morgan fingerprint density at radius 2 is 1.79 bits per heavy atom. The van der Waals surface area contributed by atoms with Crippen molar-refractivity contribution in [3.05, 3.63) is 29.3 Å². The number of hydrogen-bond acceptors (Lipinski definition) is 5. The van der Waals surface area contributed by atoms with Crippen molar-refractivity contribution in [3.63, 3.8) is 0 Å². The standard InChI is InChI=1S/C22H28N2O3S/c25-20(23-15-8-2-1-3-9-15)14-27-22(26)17-11-5-4-10-16(17)21-24-18-12-6-7-13-19(18)28-21/h6-7,12-13,15-17H,1-5,8-11,14H2,(H,23,25)/t16-,17-/m0/s1. The van der Waals surface area contributed by atoms with Crippen LogP contribution in [0.4, 0.5) is 0 Å². The monoisotopic (exact) mass is 400 g/mol. The third-order valence-corrected chi connectivity index (χ3v) is 7.18. The Balaban J connectivity index is 1.36. The molecule has 28 heavy (non-hydrogen) atoms. The molecule has 2 fully saturated rings. The van der Waals surface area contributed by atoms with Gasteiger partial charge in [0.1, 0.15) is 0 Å². The summed E-state index contributed by atoms with van der Waals surface area (Å²) in [7, 11) is 0. The van der Waals surface area contributed by atoms with Gasteiger partial charge in [-0.2, -0.15) is 0 Å². The first-order valence-electron chi connectivity index (χ1n) is 10.5. The Bertz CT molecular complexity index is 795. The van der Waals surface area contributed by atoms with Crippen LogP contribution in [0, 0.1) is 5.92 Å². The molecule has 4 rings (SSSR count). The number of benzene rings is 1. The van der Waals surface area contributed by atoms with Crippen LogP contribution in [0.2, 0.25) is 0 Å². The van der Waals surface area contributed by atoms with E-state index in [0.29, 0.717) is 0 Å². The summed E-state index contributed by atoms with van der Waals surface area (Å²) >= 11 is 1.67. The van der Waals surface area contributed by atoms with Gasteiger partial charge in [-0.1, -0.05) is 44.2 Å². The summed E-state index contributed by atoms with van der Waals surface area (Å²) in [5.74, 6) is -0.521. The van der Waals surface area contributed by atoms with E-state index in [0.717, 1.165) is 66.6 Å². The number of fused-ring (bicyclic) bond motifs is 1. The molecule has 0 saturated heterocycles. The van der Waals surface area contributed by atoms with Crippen molar-refractivity contribution in [2.75, 3.05) is 6.61 Å². The highest BCUT2D eigenvalue weighted by atomic mass is 32.1. The van der Waals surface area contributed by atoms with Gasteiger partial charge < -0.3 is 10.1 Å². The summed E-state index contributed by atoms with van der Waals surface area (Å²) in [5.41, 5.74) is 0.993. The van der Waals surface area contributed by atoms with E-state index in [1.807, 2.05) is 18.2 Å². The summed E-state index contributed by atoms with van der Waals surface area (Å²) in [6.07, 6.45) is 9.52. The fourth-order valence-corrected chi connectivity index (χ4v) is 5.68. The summed E-state index contributed by atoms with van der Waals surface area (Å²) < 4.78 is 6.59. The molecule has 150 valence electrons. The van der Waals surface area contributed by atoms with Gasteiger partial charge in [-0.25, -0.2) is 4.98 Å². The van der Waals surface area contributed by atoms with Gasteiger partial charge in [0.25, 0.3) is 5.91 Å². The maximum absolute atomic E-state index is 12.8. The second-order valence-electron chi connectivity index (χ2n) is 8.03. The topological polar surface area (TPSA) is 68.3 Å². The SMILES string of the molecule is O=C(COC(=O)[C@H]1CCCC[C@@H]1c1nc2ccccc2s1)NC1CCCCC1. The Hall–Kier alpha value is -1.95. The Morgan fingerprint density at radius 3 is 2.61 bits per heavy atom. The summed E-state index contributed by atoms with van der Waals surface area (Å²) in [5, 5.41) is 4.03. The van der Waals surface area contributed by atoms with Gasteiger partial charge in [0.05, 0.1) is 21.1 Å². The molecule has 0 unspecified atom stereocenters. The molecule has 2 aliphatic carbocycles. The van der Waals surface area contributed by atoms with Crippen molar-refractivity contribution in [2.24, 2.45) is 5.92 Å². The molecule has 1 amide bonds. The van der Waals surface area contributed by atoms with Crippen molar-refractivity contribution in [1.29, 1.82) is 0 Å².